The molecule has 0 aromatic rings. The van der Waals surface area contributed by atoms with Gasteiger partial charge >= 0.3 is 0 Å². The number of rotatable bonds is 0. The second kappa shape index (κ2) is 6.68. The second-order valence-corrected chi connectivity index (χ2v) is 15.0. The molecule has 4 saturated carbocycles. The van der Waals surface area contributed by atoms with Crippen LogP contribution in [0.3, 0.4) is 0 Å². The first kappa shape index (κ1) is 23.0. The van der Waals surface area contributed by atoms with Crippen molar-refractivity contribution in [1.29, 1.82) is 0 Å². The summed E-state index contributed by atoms with van der Waals surface area (Å²) in [5.41, 5.74) is 2.53. The first-order valence-corrected chi connectivity index (χ1v) is 14.0. The Labute approximate surface area is 202 Å². The number of hydrogen-bond donors (Lipinski definition) is 1. The number of aliphatic hydroxyl groups is 1. The SMILES string of the molecule is C[C@H]1[C@H](C)CC[C@]2(C)CC[C@]3(C)C(=CC4OOC5CC(O)C(C)(C)C6CC[C@]3(C)C4[C@@]56C)[C@H]12. The van der Waals surface area contributed by atoms with Crippen LogP contribution in [0, 0.1) is 56.7 Å². The fourth-order valence-corrected chi connectivity index (χ4v) is 11.2. The van der Waals surface area contributed by atoms with Crippen molar-refractivity contribution in [2.75, 3.05) is 0 Å². The first-order chi connectivity index (χ1) is 15.3. The zero-order chi connectivity index (χ0) is 23.8. The van der Waals surface area contributed by atoms with E-state index >= 15 is 0 Å². The third kappa shape index (κ3) is 2.53. The van der Waals surface area contributed by atoms with E-state index in [2.05, 4.69) is 61.5 Å². The summed E-state index contributed by atoms with van der Waals surface area (Å²) in [4.78, 5) is 12.6. The Morgan fingerprint density at radius 1 is 0.909 bits per heavy atom. The predicted octanol–water partition coefficient (Wildman–Crippen LogP) is 6.94. The lowest BCUT2D eigenvalue weighted by Gasteiger charge is -2.74. The van der Waals surface area contributed by atoms with Crippen LogP contribution in [-0.4, -0.2) is 23.4 Å². The predicted molar refractivity (Wildman–Crippen MR) is 131 cm³/mol. The van der Waals surface area contributed by atoms with Crippen molar-refractivity contribution in [1.82, 2.24) is 0 Å². The summed E-state index contributed by atoms with van der Waals surface area (Å²) >= 11 is 0. The summed E-state index contributed by atoms with van der Waals surface area (Å²) < 4.78 is 0. The van der Waals surface area contributed by atoms with Crippen molar-refractivity contribution >= 4 is 0 Å². The Balaban J connectivity index is 1.52. The molecule has 5 aliphatic carbocycles. The van der Waals surface area contributed by atoms with Gasteiger partial charge in [0, 0.05) is 17.8 Å². The highest BCUT2D eigenvalue weighted by molar-refractivity contribution is 5.36. The van der Waals surface area contributed by atoms with E-state index in [9.17, 15) is 5.11 Å². The molecule has 186 valence electrons. The van der Waals surface area contributed by atoms with Gasteiger partial charge in [0.25, 0.3) is 0 Å². The molecule has 0 spiro atoms. The topological polar surface area (TPSA) is 38.7 Å². The van der Waals surface area contributed by atoms with Crippen molar-refractivity contribution in [3.63, 3.8) is 0 Å². The smallest absolute Gasteiger partial charge is 0.115 e. The van der Waals surface area contributed by atoms with Crippen molar-refractivity contribution < 1.29 is 14.9 Å². The lowest BCUT2D eigenvalue weighted by molar-refractivity contribution is -0.452. The molecule has 5 fully saturated rings. The Hall–Kier alpha value is -0.380. The third-order valence-corrected chi connectivity index (χ3v) is 13.7. The monoisotopic (exact) mass is 456 g/mol. The van der Waals surface area contributed by atoms with E-state index < -0.39 is 0 Å². The van der Waals surface area contributed by atoms with Crippen LogP contribution in [0.2, 0.25) is 0 Å². The van der Waals surface area contributed by atoms with Gasteiger partial charge in [-0.1, -0.05) is 67.0 Å². The van der Waals surface area contributed by atoms with Crippen molar-refractivity contribution in [3.05, 3.63) is 11.6 Å². The summed E-state index contributed by atoms with van der Waals surface area (Å²) in [7, 11) is 0. The molecule has 1 saturated heterocycles. The third-order valence-electron chi connectivity index (χ3n) is 13.7. The fourth-order valence-electron chi connectivity index (χ4n) is 11.2. The average Bonchev–Trinajstić information content (AvgIpc) is 2.73. The molecule has 0 aromatic heterocycles. The maximum Gasteiger partial charge on any atom is 0.115 e. The van der Waals surface area contributed by atoms with Crippen LogP contribution < -0.4 is 0 Å². The molecule has 3 nitrogen and oxygen atoms in total. The van der Waals surface area contributed by atoms with Crippen LogP contribution in [0.4, 0.5) is 0 Å². The molecule has 0 amide bonds. The van der Waals surface area contributed by atoms with E-state index in [0.717, 1.165) is 11.8 Å². The molecule has 0 radical (unpaired) electrons. The van der Waals surface area contributed by atoms with Crippen LogP contribution in [-0.2, 0) is 9.78 Å². The van der Waals surface area contributed by atoms with E-state index in [-0.39, 0.29) is 40.0 Å². The molecular weight excluding hydrogens is 408 g/mol. The van der Waals surface area contributed by atoms with E-state index in [1.165, 1.54) is 38.5 Å². The fraction of sp³-hybridized carbons (Fsp3) is 0.933. The Bertz CT molecular complexity index is 878. The van der Waals surface area contributed by atoms with Gasteiger partial charge in [0.05, 0.1) is 6.10 Å². The maximum atomic E-state index is 11.1. The largest absolute Gasteiger partial charge is 0.392 e. The number of aliphatic hydroxyl groups excluding tert-OH is 1. The summed E-state index contributed by atoms with van der Waals surface area (Å²) in [6.07, 6.45) is 10.8. The van der Waals surface area contributed by atoms with Crippen molar-refractivity contribution in [2.24, 2.45) is 56.7 Å². The van der Waals surface area contributed by atoms with Gasteiger partial charge in [-0.2, -0.15) is 0 Å². The molecule has 3 heteroatoms. The molecule has 0 aromatic carbocycles. The second-order valence-electron chi connectivity index (χ2n) is 15.0. The molecule has 12 atom stereocenters. The summed E-state index contributed by atoms with van der Waals surface area (Å²) in [5, 5.41) is 11.1. The minimum absolute atomic E-state index is 0.00701. The molecule has 0 bridgehead atoms. The summed E-state index contributed by atoms with van der Waals surface area (Å²) in [5.74, 6) is 3.09. The van der Waals surface area contributed by atoms with E-state index in [4.69, 9.17) is 9.78 Å². The van der Waals surface area contributed by atoms with Crippen LogP contribution in [0.5, 0.6) is 0 Å². The highest BCUT2D eigenvalue weighted by Crippen LogP contribution is 2.76. The van der Waals surface area contributed by atoms with Gasteiger partial charge < -0.3 is 5.11 Å². The van der Waals surface area contributed by atoms with E-state index in [0.29, 0.717) is 29.6 Å². The lowest BCUT2D eigenvalue weighted by atomic mass is 9.32. The van der Waals surface area contributed by atoms with Crippen LogP contribution in [0.1, 0.15) is 100 Å². The molecule has 1 N–H and O–H groups in total. The van der Waals surface area contributed by atoms with Crippen LogP contribution in [0.25, 0.3) is 0 Å². The molecular formula is C30H48O3. The normalized spacial score (nSPS) is 61.3. The Kier molecular flexibility index (Phi) is 4.66. The minimum atomic E-state index is -0.324. The average molecular weight is 457 g/mol. The summed E-state index contributed by atoms with van der Waals surface area (Å²) in [6.45, 7) is 20.0. The van der Waals surface area contributed by atoms with Crippen molar-refractivity contribution in [3.8, 4) is 0 Å². The van der Waals surface area contributed by atoms with Gasteiger partial charge in [-0.05, 0) is 83.9 Å². The molecule has 33 heavy (non-hydrogen) atoms. The van der Waals surface area contributed by atoms with E-state index in [1.54, 1.807) is 5.57 Å². The lowest BCUT2D eigenvalue weighted by Crippen LogP contribution is -2.73. The van der Waals surface area contributed by atoms with Gasteiger partial charge in [-0.15, -0.1) is 0 Å². The van der Waals surface area contributed by atoms with Gasteiger partial charge in [-0.3, -0.25) is 0 Å². The first-order valence-electron chi connectivity index (χ1n) is 14.0. The van der Waals surface area contributed by atoms with Gasteiger partial charge in [0.1, 0.15) is 12.2 Å². The molecule has 1 heterocycles. The quantitative estimate of drug-likeness (QED) is 0.317. The molecule has 5 unspecified atom stereocenters. The minimum Gasteiger partial charge on any atom is -0.392 e. The zero-order valence-corrected chi connectivity index (χ0v) is 22.4. The standard InChI is InChI=1S/C30H48O3/c1-17-9-11-27(5)13-14-28(6)19(24(27)18(17)2)15-20-25-29(28,7)12-10-21-26(3,4)22(31)16-23(33-32-20)30(21,25)8/h15,17-18,20-25,31H,9-14,16H2,1-8H3/t17-,18+,20?,21?,22?,23?,24+,25?,27-,28-,29-,30-/m1/s1. The van der Waals surface area contributed by atoms with Gasteiger partial charge in [0.15, 0.2) is 0 Å². The molecule has 6 rings (SSSR count). The number of fused-ring (bicyclic) bond motifs is 4. The molecule has 6 aliphatic rings. The zero-order valence-electron chi connectivity index (χ0n) is 22.4. The maximum absolute atomic E-state index is 11.1. The van der Waals surface area contributed by atoms with Gasteiger partial charge in [0.2, 0.25) is 0 Å². The van der Waals surface area contributed by atoms with Crippen LogP contribution in [0.15, 0.2) is 11.6 Å². The van der Waals surface area contributed by atoms with E-state index in [1.807, 2.05) is 0 Å². The summed E-state index contributed by atoms with van der Waals surface area (Å²) in [6, 6.07) is 0. The highest BCUT2D eigenvalue weighted by atomic mass is 17.2. The van der Waals surface area contributed by atoms with Gasteiger partial charge in [-0.25, -0.2) is 9.78 Å². The Morgan fingerprint density at radius 2 is 1.64 bits per heavy atom. The highest BCUT2D eigenvalue weighted by Gasteiger charge is 2.74. The molecule has 1 aliphatic heterocycles. The van der Waals surface area contributed by atoms with Crippen LogP contribution >= 0.6 is 0 Å². The Morgan fingerprint density at radius 3 is 2.36 bits per heavy atom. The van der Waals surface area contributed by atoms with Crippen molar-refractivity contribution in [2.45, 2.75) is 119 Å². The number of allylic oxidation sites excluding steroid dienone is 1. The number of hydrogen-bond acceptors (Lipinski definition) is 3.